The second kappa shape index (κ2) is 7.61. The molecule has 0 radical (unpaired) electrons. The zero-order valence-corrected chi connectivity index (χ0v) is 15.8. The maximum atomic E-state index is 12.4. The fraction of sp³-hybridized carbons (Fsp3) is 0.765. The molecule has 1 saturated heterocycles. The number of rotatable bonds is 6. The van der Waals surface area contributed by atoms with Gasteiger partial charge in [-0.15, -0.1) is 5.10 Å². The SMILES string of the molecule is CN(C)C1(CNC(=O)c2cn(CC(=O)C(C)(C)C)nn2)CCOCC1. The standard InChI is InChI=1S/C17H29N5O3/c1-16(2,3)14(23)11-22-10-13(19-20-22)15(24)18-12-17(21(4)5)6-8-25-9-7-17/h10H,6-9,11-12H2,1-5H3,(H,18,24). The molecule has 25 heavy (non-hydrogen) atoms. The lowest BCUT2D eigenvalue weighted by molar-refractivity contribution is -0.127. The summed E-state index contributed by atoms with van der Waals surface area (Å²) in [4.78, 5) is 26.6. The minimum Gasteiger partial charge on any atom is -0.381 e. The van der Waals surface area contributed by atoms with Crippen LogP contribution in [0.3, 0.4) is 0 Å². The van der Waals surface area contributed by atoms with Crippen LogP contribution < -0.4 is 5.32 Å². The van der Waals surface area contributed by atoms with E-state index in [0.29, 0.717) is 19.8 Å². The number of amides is 1. The zero-order chi connectivity index (χ0) is 18.7. The third-order valence-corrected chi connectivity index (χ3v) is 4.86. The van der Waals surface area contributed by atoms with Crippen molar-refractivity contribution in [3.05, 3.63) is 11.9 Å². The van der Waals surface area contributed by atoms with E-state index in [0.717, 1.165) is 12.8 Å². The van der Waals surface area contributed by atoms with Gasteiger partial charge in [-0.2, -0.15) is 0 Å². The summed E-state index contributed by atoms with van der Waals surface area (Å²) in [6.07, 6.45) is 3.26. The summed E-state index contributed by atoms with van der Waals surface area (Å²) in [6.45, 7) is 7.59. The molecule has 140 valence electrons. The van der Waals surface area contributed by atoms with Crippen molar-refractivity contribution in [3.63, 3.8) is 0 Å². The van der Waals surface area contributed by atoms with Gasteiger partial charge in [0.1, 0.15) is 6.54 Å². The van der Waals surface area contributed by atoms with Crippen LogP contribution in [0.4, 0.5) is 0 Å². The first-order chi connectivity index (χ1) is 11.6. The van der Waals surface area contributed by atoms with Crippen molar-refractivity contribution in [2.24, 2.45) is 5.41 Å². The lowest BCUT2D eigenvalue weighted by Gasteiger charge is -2.42. The van der Waals surface area contributed by atoms with Crippen LogP contribution in [-0.4, -0.2) is 71.0 Å². The van der Waals surface area contributed by atoms with Gasteiger partial charge in [0.2, 0.25) is 0 Å². The van der Waals surface area contributed by atoms with Crippen molar-refractivity contribution in [1.29, 1.82) is 0 Å². The Hall–Kier alpha value is -1.80. The molecule has 0 saturated carbocycles. The molecule has 1 aromatic heterocycles. The second-order valence-corrected chi connectivity index (χ2v) is 7.89. The number of carbonyl (C=O) groups is 2. The topological polar surface area (TPSA) is 89.4 Å². The first-order valence-corrected chi connectivity index (χ1v) is 8.61. The summed E-state index contributed by atoms with van der Waals surface area (Å²) in [5.41, 5.74) is -0.329. The summed E-state index contributed by atoms with van der Waals surface area (Å²) in [7, 11) is 4.04. The number of ether oxygens (including phenoxy) is 1. The van der Waals surface area contributed by atoms with Crippen LogP contribution in [-0.2, 0) is 16.1 Å². The van der Waals surface area contributed by atoms with E-state index < -0.39 is 5.41 Å². The third-order valence-electron chi connectivity index (χ3n) is 4.86. The lowest BCUT2D eigenvalue weighted by atomic mass is 9.88. The predicted octanol–water partition coefficient (Wildman–Crippen LogP) is 0.734. The van der Waals surface area contributed by atoms with Crippen molar-refractivity contribution in [1.82, 2.24) is 25.2 Å². The molecule has 0 aliphatic carbocycles. The summed E-state index contributed by atoms with van der Waals surface area (Å²) < 4.78 is 6.85. The molecule has 2 heterocycles. The van der Waals surface area contributed by atoms with Crippen LogP contribution in [0.5, 0.6) is 0 Å². The van der Waals surface area contributed by atoms with E-state index in [2.05, 4.69) is 20.5 Å². The molecule has 0 unspecified atom stereocenters. The highest BCUT2D eigenvalue weighted by molar-refractivity contribution is 5.92. The molecule has 1 N–H and O–H groups in total. The number of likely N-dealkylation sites (N-methyl/N-ethyl adjacent to an activating group) is 1. The Morgan fingerprint density at radius 3 is 2.52 bits per heavy atom. The highest BCUT2D eigenvalue weighted by Crippen LogP contribution is 2.25. The molecule has 8 heteroatoms. The Bertz CT molecular complexity index is 612. The van der Waals surface area contributed by atoms with Gasteiger partial charge in [-0.1, -0.05) is 26.0 Å². The summed E-state index contributed by atoms with van der Waals surface area (Å²) in [6, 6.07) is 0. The molecule has 2 rings (SSSR count). The number of nitrogens with zero attached hydrogens (tertiary/aromatic N) is 4. The molecule has 0 atom stereocenters. The molecule has 0 spiro atoms. The van der Waals surface area contributed by atoms with Gasteiger partial charge < -0.3 is 15.0 Å². The minimum atomic E-state index is -0.449. The van der Waals surface area contributed by atoms with E-state index >= 15 is 0 Å². The molecule has 1 aliphatic heterocycles. The van der Waals surface area contributed by atoms with Crippen molar-refractivity contribution < 1.29 is 14.3 Å². The largest absolute Gasteiger partial charge is 0.381 e. The number of aromatic nitrogens is 3. The van der Waals surface area contributed by atoms with Gasteiger partial charge in [-0.25, -0.2) is 4.68 Å². The van der Waals surface area contributed by atoms with Crippen molar-refractivity contribution in [2.45, 2.75) is 45.7 Å². The number of nitrogens with one attached hydrogen (secondary N) is 1. The van der Waals surface area contributed by atoms with E-state index in [4.69, 9.17) is 4.74 Å². The summed E-state index contributed by atoms with van der Waals surface area (Å²) in [5, 5.41) is 10.7. The average molecular weight is 351 g/mol. The molecular formula is C17H29N5O3. The van der Waals surface area contributed by atoms with Crippen LogP contribution in [0.15, 0.2) is 6.20 Å². The molecular weight excluding hydrogens is 322 g/mol. The first kappa shape index (κ1) is 19.5. The molecule has 1 amide bonds. The number of carbonyl (C=O) groups excluding carboxylic acids is 2. The minimum absolute atomic E-state index is 0.0399. The van der Waals surface area contributed by atoms with Crippen LogP contribution in [0.1, 0.15) is 44.1 Å². The quantitative estimate of drug-likeness (QED) is 0.813. The van der Waals surface area contributed by atoms with Crippen LogP contribution in [0.25, 0.3) is 0 Å². The lowest BCUT2D eigenvalue weighted by Crippen LogP contribution is -2.55. The van der Waals surface area contributed by atoms with Crippen molar-refractivity contribution >= 4 is 11.7 Å². The summed E-state index contributed by atoms with van der Waals surface area (Å²) >= 11 is 0. The fourth-order valence-electron chi connectivity index (χ4n) is 2.73. The van der Waals surface area contributed by atoms with Gasteiger partial charge in [-0.3, -0.25) is 9.59 Å². The average Bonchev–Trinajstić information content (AvgIpc) is 3.01. The van der Waals surface area contributed by atoms with Gasteiger partial charge in [-0.05, 0) is 26.9 Å². The Kier molecular flexibility index (Phi) is 5.95. The molecule has 8 nitrogen and oxygen atoms in total. The highest BCUT2D eigenvalue weighted by Gasteiger charge is 2.35. The van der Waals surface area contributed by atoms with Gasteiger partial charge in [0.05, 0.1) is 6.20 Å². The Morgan fingerprint density at radius 1 is 1.32 bits per heavy atom. The fourth-order valence-corrected chi connectivity index (χ4v) is 2.73. The first-order valence-electron chi connectivity index (χ1n) is 8.61. The van der Waals surface area contributed by atoms with Crippen LogP contribution in [0, 0.1) is 5.41 Å². The van der Waals surface area contributed by atoms with E-state index in [1.54, 1.807) is 0 Å². The summed E-state index contributed by atoms with van der Waals surface area (Å²) in [5.74, 6) is -0.236. The molecule has 1 aliphatic rings. The van der Waals surface area contributed by atoms with Gasteiger partial charge in [0.15, 0.2) is 11.5 Å². The Labute approximate surface area is 148 Å². The van der Waals surface area contributed by atoms with Gasteiger partial charge >= 0.3 is 0 Å². The number of ketones is 1. The van der Waals surface area contributed by atoms with E-state index in [1.807, 2.05) is 34.9 Å². The van der Waals surface area contributed by atoms with E-state index in [-0.39, 0.29) is 29.5 Å². The highest BCUT2D eigenvalue weighted by atomic mass is 16.5. The molecule has 0 aromatic carbocycles. The zero-order valence-electron chi connectivity index (χ0n) is 15.8. The van der Waals surface area contributed by atoms with Gasteiger partial charge in [0, 0.05) is 30.7 Å². The molecule has 1 fully saturated rings. The van der Waals surface area contributed by atoms with E-state index in [1.165, 1.54) is 10.9 Å². The van der Waals surface area contributed by atoms with Crippen molar-refractivity contribution in [2.75, 3.05) is 33.9 Å². The van der Waals surface area contributed by atoms with E-state index in [9.17, 15) is 9.59 Å². The Morgan fingerprint density at radius 2 is 1.96 bits per heavy atom. The third kappa shape index (κ3) is 4.85. The molecule has 1 aromatic rings. The number of hydrogen-bond donors (Lipinski definition) is 1. The second-order valence-electron chi connectivity index (χ2n) is 7.89. The Balaban J connectivity index is 1.96. The normalized spacial score (nSPS) is 17.5. The van der Waals surface area contributed by atoms with Gasteiger partial charge in [0.25, 0.3) is 5.91 Å². The maximum Gasteiger partial charge on any atom is 0.273 e. The van der Waals surface area contributed by atoms with Crippen LogP contribution in [0.2, 0.25) is 0 Å². The monoisotopic (exact) mass is 351 g/mol. The van der Waals surface area contributed by atoms with Crippen molar-refractivity contribution in [3.8, 4) is 0 Å². The van der Waals surface area contributed by atoms with Crippen LogP contribution >= 0.6 is 0 Å². The maximum absolute atomic E-state index is 12.4. The smallest absolute Gasteiger partial charge is 0.273 e. The molecule has 0 bridgehead atoms. The number of Topliss-reactive ketones (excluding diaryl/α,β-unsaturated/α-hetero) is 1. The predicted molar refractivity (Wildman–Crippen MR) is 93.3 cm³/mol. The number of hydrogen-bond acceptors (Lipinski definition) is 6.